The average Bonchev–Trinajstić information content (AvgIpc) is 2.54. The lowest BCUT2D eigenvalue weighted by atomic mass is 10.1. The molecular weight excluding hydrogens is 166 g/mol. The van der Waals surface area contributed by atoms with Gasteiger partial charge in [-0.05, 0) is 25.2 Å². The Morgan fingerprint density at radius 2 is 2.23 bits per heavy atom. The van der Waals surface area contributed by atoms with Crippen LogP contribution >= 0.6 is 0 Å². The Bertz CT molecular complexity index is 201. The summed E-state index contributed by atoms with van der Waals surface area (Å²) in [6, 6.07) is 0.916. The molecule has 0 aliphatic heterocycles. The molecule has 2 atom stereocenters. The molecule has 0 radical (unpaired) electrons. The number of carboxylic acid groups (broad SMARTS) is 1. The summed E-state index contributed by atoms with van der Waals surface area (Å²) >= 11 is 0. The molecule has 2 unspecified atom stereocenters. The third kappa shape index (κ3) is 3.35. The van der Waals surface area contributed by atoms with Crippen LogP contribution in [0.2, 0.25) is 0 Å². The molecule has 0 saturated heterocycles. The summed E-state index contributed by atoms with van der Waals surface area (Å²) in [6.07, 6.45) is 2.20. The van der Waals surface area contributed by atoms with E-state index in [1.165, 1.54) is 6.42 Å². The summed E-state index contributed by atoms with van der Waals surface area (Å²) in [4.78, 5) is 10.3. The van der Waals surface area contributed by atoms with Crippen LogP contribution in [0.5, 0.6) is 0 Å². The minimum atomic E-state index is -0.705. The van der Waals surface area contributed by atoms with Crippen LogP contribution in [-0.4, -0.2) is 23.2 Å². The maximum absolute atomic E-state index is 10.3. The zero-order chi connectivity index (χ0) is 10.1. The van der Waals surface area contributed by atoms with Crippen molar-refractivity contribution < 1.29 is 9.90 Å². The van der Waals surface area contributed by atoms with Crippen molar-refractivity contribution in [3.63, 3.8) is 0 Å². The van der Waals surface area contributed by atoms with Crippen molar-refractivity contribution in [2.45, 2.75) is 52.1 Å². The minimum absolute atomic E-state index is 0.265. The van der Waals surface area contributed by atoms with Gasteiger partial charge in [-0.3, -0.25) is 4.79 Å². The van der Waals surface area contributed by atoms with Crippen molar-refractivity contribution >= 4 is 5.97 Å². The monoisotopic (exact) mass is 185 g/mol. The molecule has 76 valence electrons. The van der Waals surface area contributed by atoms with Crippen molar-refractivity contribution in [3.8, 4) is 0 Å². The van der Waals surface area contributed by atoms with E-state index in [9.17, 15) is 4.79 Å². The number of nitrogens with one attached hydrogen (secondary N) is 1. The molecule has 3 heteroatoms. The highest BCUT2D eigenvalue weighted by atomic mass is 16.4. The van der Waals surface area contributed by atoms with Crippen LogP contribution < -0.4 is 5.32 Å². The summed E-state index contributed by atoms with van der Waals surface area (Å²) in [5, 5.41) is 11.9. The lowest BCUT2D eigenvalue weighted by molar-refractivity contribution is -0.137. The first-order chi connectivity index (χ1) is 5.92. The van der Waals surface area contributed by atoms with Gasteiger partial charge in [0.1, 0.15) is 0 Å². The summed E-state index contributed by atoms with van der Waals surface area (Å²) in [5.74, 6) is -0.705. The average molecular weight is 185 g/mol. The fourth-order valence-electron chi connectivity index (χ4n) is 1.52. The largest absolute Gasteiger partial charge is 0.481 e. The van der Waals surface area contributed by atoms with Crippen LogP contribution in [0.15, 0.2) is 0 Å². The third-order valence-corrected chi connectivity index (χ3v) is 2.79. The van der Waals surface area contributed by atoms with Crippen LogP contribution in [0.3, 0.4) is 0 Å². The van der Waals surface area contributed by atoms with Crippen molar-refractivity contribution in [1.29, 1.82) is 0 Å². The molecule has 3 nitrogen and oxygen atoms in total. The second kappa shape index (κ2) is 3.66. The van der Waals surface area contributed by atoms with Gasteiger partial charge in [0.15, 0.2) is 0 Å². The smallest absolute Gasteiger partial charge is 0.303 e. The van der Waals surface area contributed by atoms with E-state index in [-0.39, 0.29) is 6.42 Å². The van der Waals surface area contributed by atoms with E-state index in [1.807, 2.05) is 0 Å². The molecule has 1 fully saturated rings. The Labute approximate surface area is 79.5 Å². The number of hydrogen-bond acceptors (Lipinski definition) is 2. The Kier molecular flexibility index (Phi) is 2.96. The zero-order valence-electron chi connectivity index (χ0n) is 8.63. The maximum atomic E-state index is 10.3. The van der Waals surface area contributed by atoms with Crippen molar-refractivity contribution in [2.24, 2.45) is 5.41 Å². The highest BCUT2D eigenvalue weighted by Gasteiger charge is 2.45. The Balaban J connectivity index is 2.12. The molecule has 0 aromatic heterocycles. The lowest BCUT2D eigenvalue weighted by Crippen LogP contribution is -2.31. The fourth-order valence-corrected chi connectivity index (χ4v) is 1.52. The molecular formula is C10H19NO2. The predicted octanol–water partition coefficient (Wildman–Crippen LogP) is 1.63. The first-order valence-electron chi connectivity index (χ1n) is 4.89. The number of rotatable bonds is 5. The lowest BCUT2D eigenvalue weighted by Gasteiger charge is -2.13. The molecule has 1 rings (SSSR count). The third-order valence-electron chi connectivity index (χ3n) is 2.79. The van der Waals surface area contributed by atoms with Gasteiger partial charge >= 0.3 is 5.97 Å². The predicted molar refractivity (Wildman–Crippen MR) is 51.7 cm³/mol. The Morgan fingerprint density at radius 3 is 2.62 bits per heavy atom. The van der Waals surface area contributed by atoms with Crippen molar-refractivity contribution in [1.82, 2.24) is 5.32 Å². The molecule has 1 aliphatic rings. The molecule has 1 aliphatic carbocycles. The zero-order valence-corrected chi connectivity index (χ0v) is 8.63. The molecule has 1 saturated carbocycles. The fraction of sp³-hybridized carbons (Fsp3) is 0.900. The van der Waals surface area contributed by atoms with Gasteiger partial charge in [0, 0.05) is 18.5 Å². The van der Waals surface area contributed by atoms with Gasteiger partial charge in [0.25, 0.3) is 0 Å². The van der Waals surface area contributed by atoms with Crippen molar-refractivity contribution in [2.75, 3.05) is 0 Å². The molecule has 0 aromatic carbocycles. The number of hydrogen-bond donors (Lipinski definition) is 2. The summed E-state index contributed by atoms with van der Waals surface area (Å²) in [5.41, 5.74) is 0.428. The quantitative estimate of drug-likeness (QED) is 0.684. The summed E-state index contributed by atoms with van der Waals surface area (Å²) < 4.78 is 0. The van der Waals surface area contributed by atoms with E-state index in [1.54, 1.807) is 0 Å². The van der Waals surface area contributed by atoms with Gasteiger partial charge in [-0.15, -0.1) is 0 Å². The van der Waals surface area contributed by atoms with Gasteiger partial charge in [0.05, 0.1) is 0 Å². The number of carboxylic acids is 1. The van der Waals surface area contributed by atoms with Crippen LogP contribution in [0.25, 0.3) is 0 Å². The second-order valence-electron chi connectivity index (χ2n) is 4.75. The Morgan fingerprint density at radius 1 is 1.69 bits per heavy atom. The van der Waals surface area contributed by atoms with E-state index in [2.05, 4.69) is 26.1 Å². The van der Waals surface area contributed by atoms with E-state index in [4.69, 9.17) is 5.11 Å². The van der Waals surface area contributed by atoms with Crippen LogP contribution in [0, 0.1) is 5.41 Å². The van der Waals surface area contributed by atoms with E-state index in [0.717, 1.165) is 6.42 Å². The van der Waals surface area contributed by atoms with Gasteiger partial charge in [-0.25, -0.2) is 0 Å². The second-order valence-corrected chi connectivity index (χ2v) is 4.75. The molecule has 0 aromatic rings. The first-order valence-corrected chi connectivity index (χ1v) is 4.89. The van der Waals surface area contributed by atoms with E-state index >= 15 is 0 Å². The summed E-state index contributed by atoms with van der Waals surface area (Å²) in [7, 11) is 0. The standard InChI is InChI=1S/C10H19NO2/c1-7(4-5-9(12)13)11-8-6-10(8,2)3/h7-8,11H,4-6H2,1-3H3,(H,12,13). The molecule has 0 bridgehead atoms. The molecule has 0 spiro atoms. The molecule has 0 heterocycles. The van der Waals surface area contributed by atoms with Crippen LogP contribution in [-0.2, 0) is 4.79 Å². The maximum Gasteiger partial charge on any atom is 0.303 e. The molecule has 2 N–H and O–H groups in total. The van der Waals surface area contributed by atoms with Crippen molar-refractivity contribution in [3.05, 3.63) is 0 Å². The van der Waals surface area contributed by atoms with Gasteiger partial charge in [-0.2, -0.15) is 0 Å². The molecule has 13 heavy (non-hydrogen) atoms. The molecule has 0 amide bonds. The SMILES string of the molecule is CC(CCC(=O)O)NC1CC1(C)C. The summed E-state index contributed by atoms with van der Waals surface area (Å²) in [6.45, 7) is 6.51. The first kappa shape index (κ1) is 10.5. The highest BCUT2D eigenvalue weighted by molar-refractivity contribution is 5.66. The normalized spacial score (nSPS) is 26.8. The Hall–Kier alpha value is -0.570. The number of carbonyl (C=O) groups is 1. The van der Waals surface area contributed by atoms with E-state index < -0.39 is 5.97 Å². The van der Waals surface area contributed by atoms with E-state index in [0.29, 0.717) is 17.5 Å². The minimum Gasteiger partial charge on any atom is -0.481 e. The van der Waals surface area contributed by atoms with Crippen LogP contribution in [0.4, 0.5) is 0 Å². The van der Waals surface area contributed by atoms with Gasteiger partial charge in [0.2, 0.25) is 0 Å². The number of aliphatic carboxylic acids is 1. The highest BCUT2D eigenvalue weighted by Crippen LogP contribution is 2.44. The topological polar surface area (TPSA) is 49.3 Å². The van der Waals surface area contributed by atoms with Crippen LogP contribution in [0.1, 0.15) is 40.0 Å². The van der Waals surface area contributed by atoms with Gasteiger partial charge in [-0.1, -0.05) is 13.8 Å². The van der Waals surface area contributed by atoms with Gasteiger partial charge < -0.3 is 10.4 Å².